The van der Waals surface area contributed by atoms with Crippen LogP contribution in [0.15, 0.2) is 48.5 Å². The van der Waals surface area contributed by atoms with E-state index in [0.29, 0.717) is 17.2 Å². The van der Waals surface area contributed by atoms with E-state index in [4.69, 9.17) is 4.55 Å². The number of carbonyl (C=O) groups is 1. The summed E-state index contributed by atoms with van der Waals surface area (Å²) in [7, 11) is 0. The van der Waals surface area contributed by atoms with Crippen molar-refractivity contribution >= 4 is 51.3 Å². The molecule has 3 rings (SSSR count). The Morgan fingerprint density at radius 1 is 1.16 bits per heavy atom. The molecule has 2 aromatic carbocycles. The van der Waals surface area contributed by atoms with Crippen molar-refractivity contribution in [3.8, 4) is 0 Å². The SMILES string of the molecule is CC(=O)Nc1nc(/C=C\c2ccc([N+](=O)[O-])cc2)c(Cc2ccc(CS(=O)O)cc2)s1. The molecule has 1 heterocycles. The van der Waals surface area contributed by atoms with Crippen LogP contribution >= 0.6 is 11.3 Å². The van der Waals surface area contributed by atoms with Gasteiger partial charge in [0.05, 0.1) is 16.4 Å². The number of nitrogens with one attached hydrogen (secondary N) is 1. The number of anilines is 1. The molecule has 3 aromatic rings. The molecular formula is C21H19N3O5S2. The molecule has 0 aliphatic carbocycles. The number of nitrogens with zero attached hydrogens (tertiary/aromatic N) is 2. The van der Waals surface area contributed by atoms with Gasteiger partial charge in [0.2, 0.25) is 5.91 Å². The smallest absolute Gasteiger partial charge is 0.269 e. The third kappa shape index (κ3) is 6.64. The van der Waals surface area contributed by atoms with Crippen LogP contribution in [-0.4, -0.2) is 24.6 Å². The van der Waals surface area contributed by atoms with Gasteiger partial charge in [-0.1, -0.05) is 30.3 Å². The third-order valence-corrected chi connectivity index (χ3v) is 5.79. The molecule has 0 saturated heterocycles. The van der Waals surface area contributed by atoms with Gasteiger partial charge in [-0.2, -0.15) is 0 Å². The summed E-state index contributed by atoms with van der Waals surface area (Å²) in [6.07, 6.45) is 4.18. The summed E-state index contributed by atoms with van der Waals surface area (Å²) in [6, 6.07) is 13.6. The maximum absolute atomic E-state index is 11.4. The van der Waals surface area contributed by atoms with Crippen LogP contribution < -0.4 is 5.32 Å². The fourth-order valence-electron chi connectivity index (χ4n) is 2.79. The number of nitro groups is 1. The van der Waals surface area contributed by atoms with Gasteiger partial charge < -0.3 is 9.87 Å². The lowest BCUT2D eigenvalue weighted by molar-refractivity contribution is -0.384. The molecule has 0 fully saturated rings. The number of thiazole rings is 1. The van der Waals surface area contributed by atoms with E-state index in [1.807, 2.05) is 30.3 Å². The van der Waals surface area contributed by atoms with E-state index in [2.05, 4.69) is 10.3 Å². The van der Waals surface area contributed by atoms with Crippen LogP contribution in [0.5, 0.6) is 0 Å². The molecule has 1 unspecified atom stereocenters. The normalized spacial score (nSPS) is 12.1. The average molecular weight is 458 g/mol. The Kier molecular flexibility index (Phi) is 7.40. The van der Waals surface area contributed by atoms with Crippen molar-refractivity contribution in [1.82, 2.24) is 4.98 Å². The monoisotopic (exact) mass is 457 g/mol. The Hall–Kier alpha value is -3.21. The van der Waals surface area contributed by atoms with Gasteiger partial charge in [-0.3, -0.25) is 14.9 Å². The quantitative estimate of drug-likeness (QED) is 0.292. The van der Waals surface area contributed by atoms with Crippen molar-refractivity contribution in [1.29, 1.82) is 0 Å². The predicted octanol–water partition coefficient (Wildman–Crippen LogP) is 4.49. The zero-order chi connectivity index (χ0) is 22.4. The van der Waals surface area contributed by atoms with Crippen molar-refractivity contribution in [3.63, 3.8) is 0 Å². The summed E-state index contributed by atoms with van der Waals surface area (Å²) in [5, 5.41) is 14.0. The molecule has 0 aliphatic heterocycles. The van der Waals surface area contributed by atoms with E-state index in [0.717, 1.165) is 21.6 Å². The van der Waals surface area contributed by atoms with Gasteiger partial charge in [-0.05, 0) is 34.9 Å². The van der Waals surface area contributed by atoms with E-state index in [1.54, 1.807) is 18.2 Å². The highest BCUT2D eigenvalue weighted by atomic mass is 32.2. The number of carbonyl (C=O) groups excluding carboxylic acids is 1. The van der Waals surface area contributed by atoms with Gasteiger partial charge in [0.1, 0.15) is 0 Å². The summed E-state index contributed by atoms with van der Waals surface area (Å²) in [6.45, 7) is 1.41. The molecule has 0 radical (unpaired) electrons. The van der Waals surface area contributed by atoms with E-state index in [1.165, 1.54) is 30.4 Å². The minimum absolute atomic E-state index is 0.0212. The molecule has 160 valence electrons. The maximum atomic E-state index is 11.4. The summed E-state index contributed by atoms with van der Waals surface area (Å²) in [4.78, 5) is 27.2. The molecule has 31 heavy (non-hydrogen) atoms. The van der Waals surface area contributed by atoms with E-state index in [-0.39, 0.29) is 17.3 Å². The molecule has 10 heteroatoms. The number of rotatable bonds is 8. The second-order valence-electron chi connectivity index (χ2n) is 6.65. The fraction of sp³-hybridized carbons (Fsp3) is 0.143. The first-order valence-corrected chi connectivity index (χ1v) is 11.2. The molecule has 0 aliphatic rings. The number of benzene rings is 2. The lowest BCUT2D eigenvalue weighted by Gasteiger charge is -2.02. The summed E-state index contributed by atoms with van der Waals surface area (Å²) >= 11 is -0.520. The first kappa shape index (κ1) is 22.5. The number of hydrogen-bond acceptors (Lipinski definition) is 6. The highest BCUT2D eigenvalue weighted by molar-refractivity contribution is 7.78. The molecule has 1 aromatic heterocycles. The van der Waals surface area contributed by atoms with Crippen molar-refractivity contribution in [3.05, 3.63) is 85.9 Å². The van der Waals surface area contributed by atoms with Crippen molar-refractivity contribution in [2.75, 3.05) is 5.32 Å². The zero-order valence-electron chi connectivity index (χ0n) is 16.5. The first-order chi connectivity index (χ1) is 14.8. The van der Waals surface area contributed by atoms with Crippen molar-refractivity contribution in [2.45, 2.75) is 19.1 Å². The summed E-state index contributed by atoms with van der Waals surface area (Å²) in [5.41, 5.74) is 3.26. The van der Waals surface area contributed by atoms with Gasteiger partial charge in [0.25, 0.3) is 5.69 Å². The summed E-state index contributed by atoms with van der Waals surface area (Å²) < 4.78 is 20.0. The summed E-state index contributed by atoms with van der Waals surface area (Å²) in [5.74, 6) is -0.135. The van der Waals surface area contributed by atoms with Crippen LogP contribution in [-0.2, 0) is 28.0 Å². The second-order valence-corrected chi connectivity index (χ2v) is 8.66. The van der Waals surface area contributed by atoms with Crippen molar-refractivity contribution in [2.24, 2.45) is 0 Å². The van der Waals surface area contributed by atoms with Crippen LogP contribution in [0, 0.1) is 10.1 Å². The Bertz CT molecular complexity index is 1140. The molecular weight excluding hydrogens is 438 g/mol. The highest BCUT2D eigenvalue weighted by Crippen LogP contribution is 2.28. The Labute approximate surface area is 185 Å². The Balaban J connectivity index is 1.83. The van der Waals surface area contributed by atoms with E-state index >= 15 is 0 Å². The van der Waals surface area contributed by atoms with Crippen LogP contribution in [0.2, 0.25) is 0 Å². The van der Waals surface area contributed by atoms with Crippen LogP contribution in [0.3, 0.4) is 0 Å². The largest absolute Gasteiger partial charge is 0.306 e. The molecule has 8 nitrogen and oxygen atoms in total. The highest BCUT2D eigenvalue weighted by Gasteiger charge is 2.12. The second kappa shape index (κ2) is 10.2. The topological polar surface area (TPSA) is 122 Å². The third-order valence-electron chi connectivity index (χ3n) is 4.23. The Morgan fingerprint density at radius 2 is 1.81 bits per heavy atom. The van der Waals surface area contributed by atoms with Gasteiger partial charge in [0, 0.05) is 30.4 Å². The fourth-order valence-corrected chi connectivity index (χ4v) is 4.29. The number of non-ortho nitro benzene ring substituents is 1. The molecule has 2 N–H and O–H groups in total. The number of amides is 1. The lowest BCUT2D eigenvalue weighted by Crippen LogP contribution is -2.04. The predicted molar refractivity (Wildman–Crippen MR) is 122 cm³/mol. The van der Waals surface area contributed by atoms with E-state index in [9.17, 15) is 19.1 Å². The van der Waals surface area contributed by atoms with Gasteiger partial charge in [-0.25, -0.2) is 9.19 Å². The first-order valence-electron chi connectivity index (χ1n) is 9.15. The molecule has 1 amide bonds. The molecule has 0 spiro atoms. The molecule has 0 saturated carbocycles. The van der Waals surface area contributed by atoms with Gasteiger partial charge in [-0.15, -0.1) is 11.3 Å². The van der Waals surface area contributed by atoms with Crippen LogP contribution in [0.4, 0.5) is 10.8 Å². The number of aromatic nitrogens is 1. The lowest BCUT2D eigenvalue weighted by atomic mass is 10.1. The number of hydrogen-bond donors (Lipinski definition) is 2. The Morgan fingerprint density at radius 3 is 2.39 bits per heavy atom. The van der Waals surface area contributed by atoms with Crippen molar-refractivity contribution < 1.29 is 18.5 Å². The maximum Gasteiger partial charge on any atom is 0.269 e. The van der Waals surface area contributed by atoms with Gasteiger partial charge >= 0.3 is 0 Å². The zero-order valence-corrected chi connectivity index (χ0v) is 18.1. The van der Waals surface area contributed by atoms with Crippen LogP contribution in [0.25, 0.3) is 12.2 Å². The van der Waals surface area contributed by atoms with Crippen LogP contribution in [0.1, 0.15) is 34.2 Å². The van der Waals surface area contributed by atoms with Gasteiger partial charge in [0.15, 0.2) is 16.2 Å². The standard InChI is InChI=1S/C21H19N3O5S2/c1-14(25)22-21-23-19(11-8-15-6-9-18(10-7-15)24(26)27)20(30-21)12-16-2-4-17(5-3-16)13-31(28)29/h2-11H,12-13H2,1H3,(H,28,29)(H,22,23,25)/b11-8-. The minimum Gasteiger partial charge on any atom is -0.306 e. The minimum atomic E-state index is -1.89. The molecule has 0 bridgehead atoms. The van der Waals surface area contributed by atoms with E-state index < -0.39 is 16.0 Å². The number of nitro benzene ring substituents is 1. The average Bonchev–Trinajstić information content (AvgIpc) is 3.08. The molecule has 1 atom stereocenters.